The van der Waals surface area contributed by atoms with E-state index in [1.54, 1.807) is 78.9 Å². The van der Waals surface area contributed by atoms with Gasteiger partial charge in [-0.3, -0.25) is 14.4 Å². The average molecular weight is 567 g/mol. The Balaban J connectivity index is 1.35. The number of amides is 2. The number of sulfone groups is 1. The fourth-order valence-electron chi connectivity index (χ4n) is 5.29. The van der Waals surface area contributed by atoms with Crippen molar-refractivity contribution in [2.75, 3.05) is 10.6 Å². The highest BCUT2D eigenvalue weighted by atomic mass is 32.2. The zero-order valence-electron chi connectivity index (χ0n) is 22.0. The van der Waals surface area contributed by atoms with Gasteiger partial charge in [-0.15, -0.1) is 0 Å². The number of nitrogens with one attached hydrogen (secondary N) is 2. The molecule has 3 aromatic carbocycles. The molecule has 2 N–H and O–H groups in total. The van der Waals surface area contributed by atoms with Crippen LogP contribution in [0.3, 0.4) is 0 Å². The van der Waals surface area contributed by atoms with Crippen molar-refractivity contribution in [3.63, 3.8) is 0 Å². The van der Waals surface area contributed by atoms with E-state index in [1.165, 1.54) is 0 Å². The van der Waals surface area contributed by atoms with Crippen LogP contribution in [0.5, 0.6) is 0 Å². The summed E-state index contributed by atoms with van der Waals surface area (Å²) in [6, 6.07) is 19.6. The van der Waals surface area contributed by atoms with Gasteiger partial charge in [-0.2, -0.15) is 0 Å². The third kappa shape index (κ3) is 5.24. The Morgan fingerprint density at radius 3 is 2.49 bits per heavy atom. The summed E-state index contributed by atoms with van der Waals surface area (Å²) in [5, 5.41) is 5.66. The summed E-state index contributed by atoms with van der Waals surface area (Å²) < 4.78 is 32.9. The molecule has 0 fully saturated rings. The number of carbonyl (C=O) groups is 3. The second-order valence-corrected chi connectivity index (χ2v) is 12.1. The lowest BCUT2D eigenvalue weighted by molar-refractivity contribution is -0.110. The second-order valence-electron chi connectivity index (χ2n) is 10.1. The third-order valence-electron chi connectivity index (χ3n) is 7.39. The Kier molecular flexibility index (Phi) is 6.88. The minimum atomic E-state index is -3.65. The summed E-state index contributed by atoms with van der Waals surface area (Å²) >= 11 is 0. The van der Waals surface area contributed by atoms with Gasteiger partial charge in [-0.25, -0.2) is 8.42 Å². The van der Waals surface area contributed by atoms with Crippen LogP contribution in [0.1, 0.15) is 61.8 Å². The number of aryl methyl sites for hydroxylation is 1. The lowest BCUT2D eigenvalue weighted by Gasteiger charge is -2.11. The van der Waals surface area contributed by atoms with E-state index in [4.69, 9.17) is 4.42 Å². The smallest absolute Gasteiger partial charge is 0.256 e. The lowest BCUT2D eigenvalue weighted by Crippen LogP contribution is -2.11. The van der Waals surface area contributed by atoms with Crippen LogP contribution in [0.15, 0.2) is 82.1 Å². The molecule has 206 valence electrons. The van der Waals surface area contributed by atoms with E-state index in [2.05, 4.69) is 10.6 Å². The number of anilines is 2. The van der Waals surface area contributed by atoms with Gasteiger partial charge in [0.2, 0.25) is 0 Å². The van der Waals surface area contributed by atoms with Gasteiger partial charge in [-0.1, -0.05) is 30.3 Å². The van der Waals surface area contributed by atoms with E-state index >= 15 is 0 Å². The van der Waals surface area contributed by atoms with E-state index in [0.717, 1.165) is 24.2 Å². The van der Waals surface area contributed by atoms with Gasteiger partial charge >= 0.3 is 0 Å². The number of aldehydes is 1. The number of hydrogen-bond acceptors (Lipinski definition) is 6. The van der Waals surface area contributed by atoms with E-state index in [0.29, 0.717) is 64.1 Å². The quantitative estimate of drug-likeness (QED) is 0.219. The molecule has 0 radical (unpaired) electrons. The highest BCUT2D eigenvalue weighted by Gasteiger charge is 2.30. The molecule has 1 aliphatic heterocycles. The monoisotopic (exact) mass is 566 g/mol. The molecule has 2 amide bonds. The Morgan fingerprint density at radius 1 is 0.976 bits per heavy atom. The first kappa shape index (κ1) is 26.5. The van der Waals surface area contributed by atoms with Gasteiger partial charge in [0, 0.05) is 40.0 Å². The summed E-state index contributed by atoms with van der Waals surface area (Å²) in [5.74, 6) is 0.180. The number of benzene rings is 3. The Hall–Kier alpha value is -4.76. The van der Waals surface area contributed by atoms with E-state index in [-0.39, 0.29) is 22.5 Å². The Morgan fingerprint density at radius 2 is 1.73 bits per heavy atom. The fourth-order valence-corrected chi connectivity index (χ4v) is 6.72. The van der Waals surface area contributed by atoms with Gasteiger partial charge in [-0.05, 0) is 73.4 Å². The summed E-state index contributed by atoms with van der Waals surface area (Å²) in [7, 11) is -3.65. The summed E-state index contributed by atoms with van der Waals surface area (Å²) in [6.45, 7) is 0. The van der Waals surface area contributed by atoms with Crippen LogP contribution in [0.2, 0.25) is 0 Å². The number of furan rings is 1. The van der Waals surface area contributed by atoms with Crippen LogP contribution in [0.4, 0.5) is 11.4 Å². The van der Waals surface area contributed by atoms with Gasteiger partial charge in [0.15, 0.2) is 9.84 Å². The van der Waals surface area contributed by atoms with E-state index in [9.17, 15) is 22.8 Å². The predicted molar refractivity (Wildman–Crippen MR) is 155 cm³/mol. The van der Waals surface area contributed by atoms with Crippen LogP contribution in [0, 0.1) is 0 Å². The van der Waals surface area contributed by atoms with E-state index < -0.39 is 9.84 Å². The molecule has 2 aliphatic rings. The molecular formula is C32H26N2O6S. The zero-order chi connectivity index (χ0) is 28.6. The standard InChI is InChI=1S/C32H26N2O6S/c35-18-20-10-12-21(13-11-20)31(36)33-22-14-15-28-25(16-22)26(32(37)34-28)17-30-27(24-8-4-5-9-29(24)40-30)19-41(38,39)23-6-2-1-3-7-23/h1-3,6-7,10-18H,4-5,8-9,19H2,(H,33,36)(H,34,37). The summed E-state index contributed by atoms with van der Waals surface area (Å²) in [5.41, 5.74) is 4.26. The predicted octanol–water partition coefficient (Wildman–Crippen LogP) is 5.69. The van der Waals surface area contributed by atoms with Crippen LogP contribution in [-0.4, -0.2) is 26.5 Å². The van der Waals surface area contributed by atoms with Crippen molar-refractivity contribution in [1.29, 1.82) is 0 Å². The molecule has 0 bridgehead atoms. The van der Waals surface area contributed by atoms with Crippen LogP contribution < -0.4 is 10.6 Å². The van der Waals surface area contributed by atoms with Gasteiger partial charge < -0.3 is 15.1 Å². The molecule has 8 nitrogen and oxygen atoms in total. The van der Waals surface area contributed by atoms with Gasteiger partial charge in [0.1, 0.15) is 17.8 Å². The van der Waals surface area contributed by atoms with Crippen molar-refractivity contribution in [2.24, 2.45) is 0 Å². The molecule has 0 saturated heterocycles. The van der Waals surface area contributed by atoms with Crippen molar-refractivity contribution in [2.45, 2.75) is 36.3 Å². The molecule has 0 spiro atoms. The highest BCUT2D eigenvalue weighted by molar-refractivity contribution is 7.90. The number of carbonyl (C=O) groups excluding carboxylic acids is 3. The molecule has 2 heterocycles. The summed E-state index contributed by atoms with van der Waals surface area (Å²) in [6.07, 6.45) is 5.63. The fraction of sp³-hybridized carbons (Fsp3) is 0.156. The average Bonchev–Trinajstić information content (AvgIpc) is 3.49. The number of fused-ring (bicyclic) bond motifs is 2. The number of hydrogen-bond donors (Lipinski definition) is 2. The molecule has 6 rings (SSSR count). The minimum Gasteiger partial charge on any atom is -0.461 e. The van der Waals surface area contributed by atoms with Crippen LogP contribution >= 0.6 is 0 Å². The molecule has 1 aliphatic carbocycles. The van der Waals surface area contributed by atoms with Gasteiger partial charge in [0.25, 0.3) is 11.8 Å². The van der Waals surface area contributed by atoms with Crippen molar-refractivity contribution in [3.8, 4) is 0 Å². The molecular weight excluding hydrogens is 540 g/mol. The van der Waals surface area contributed by atoms with Crippen molar-refractivity contribution in [1.82, 2.24) is 0 Å². The van der Waals surface area contributed by atoms with Crippen molar-refractivity contribution >= 4 is 51.0 Å². The Labute approximate surface area is 237 Å². The highest BCUT2D eigenvalue weighted by Crippen LogP contribution is 2.39. The van der Waals surface area contributed by atoms with Crippen molar-refractivity contribution in [3.05, 3.63) is 112 Å². The van der Waals surface area contributed by atoms with Gasteiger partial charge in [0.05, 0.1) is 16.2 Å². The maximum atomic E-state index is 13.3. The van der Waals surface area contributed by atoms with Crippen LogP contribution in [-0.2, 0) is 33.2 Å². The molecule has 41 heavy (non-hydrogen) atoms. The van der Waals surface area contributed by atoms with Crippen molar-refractivity contribution < 1.29 is 27.2 Å². The second kappa shape index (κ2) is 10.7. The first-order chi connectivity index (χ1) is 19.8. The first-order valence-electron chi connectivity index (χ1n) is 13.3. The molecule has 0 saturated carbocycles. The molecule has 9 heteroatoms. The van der Waals surface area contributed by atoms with Crippen LogP contribution in [0.25, 0.3) is 11.6 Å². The molecule has 0 atom stereocenters. The summed E-state index contributed by atoms with van der Waals surface area (Å²) in [4.78, 5) is 37.0. The third-order valence-corrected chi connectivity index (χ3v) is 9.05. The molecule has 0 unspecified atom stereocenters. The maximum Gasteiger partial charge on any atom is 0.256 e. The van der Waals surface area contributed by atoms with E-state index in [1.807, 2.05) is 0 Å². The first-order valence-corrected chi connectivity index (χ1v) is 14.9. The largest absolute Gasteiger partial charge is 0.461 e. The molecule has 4 aromatic rings. The lowest BCUT2D eigenvalue weighted by atomic mass is 9.95. The minimum absolute atomic E-state index is 0.231. The topological polar surface area (TPSA) is 123 Å². The zero-order valence-corrected chi connectivity index (χ0v) is 22.8. The SMILES string of the molecule is O=Cc1ccc(C(=O)Nc2ccc3c(c2)C(=Cc2oc4c(c2CS(=O)(=O)c2ccccc2)CCCC4)C(=O)N3)cc1. The Bertz CT molecular complexity index is 1820. The molecule has 1 aromatic heterocycles. The normalized spacial score (nSPS) is 15.2. The number of rotatable bonds is 7. The maximum absolute atomic E-state index is 13.3.